The van der Waals surface area contributed by atoms with E-state index in [1.165, 1.54) is 14.2 Å². The second kappa shape index (κ2) is 6.75. The van der Waals surface area contributed by atoms with Crippen LogP contribution in [0.3, 0.4) is 0 Å². The number of halogens is 1. The number of ether oxygens (including phenoxy) is 2. The van der Waals surface area contributed by atoms with Gasteiger partial charge in [-0.1, -0.05) is 0 Å². The number of H-pyrrole nitrogens is 1. The molecule has 7 nitrogen and oxygen atoms in total. The SMILES string of the molecule is COc1cc(F)c(S(=O)(=O)NCCc2ccn[nH]2)cc1OC. The number of rotatable bonds is 7. The third kappa shape index (κ3) is 3.55. The lowest BCUT2D eigenvalue weighted by Crippen LogP contribution is -2.27. The summed E-state index contributed by atoms with van der Waals surface area (Å²) in [6, 6.07) is 3.79. The van der Waals surface area contributed by atoms with Gasteiger partial charge in [-0.25, -0.2) is 17.5 Å². The Labute approximate surface area is 127 Å². The second-order valence-electron chi connectivity index (χ2n) is 4.37. The van der Waals surface area contributed by atoms with Crippen molar-refractivity contribution >= 4 is 10.0 Å². The zero-order valence-corrected chi connectivity index (χ0v) is 12.9. The summed E-state index contributed by atoms with van der Waals surface area (Å²) < 4.78 is 50.6. The highest BCUT2D eigenvalue weighted by molar-refractivity contribution is 7.89. The van der Waals surface area contributed by atoms with Gasteiger partial charge in [-0.15, -0.1) is 0 Å². The summed E-state index contributed by atoms with van der Waals surface area (Å²) in [5, 5.41) is 6.47. The Kier molecular flexibility index (Phi) is 4.99. The first kappa shape index (κ1) is 16.2. The van der Waals surface area contributed by atoms with E-state index in [2.05, 4.69) is 14.9 Å². The molecule has 0 fully saturated rings. The average Bonchev–Trinajstić information content (AvgIpc) is 2.99. The number of sulfonamides is 1. The maximum atomic E-state index is 14.0. The molecule has 0 saturated carbocycles. The number of aromatic amines is 1. The molecule has 120 valence electrons. The summed E-state index contributed by atoms with van der Waals surface area (Å²) >= 11 is 0. The Morgan fingerprint density at radius 3 is 2.55 bits per heavy atom. The third-order valence-corrected chi connectivity index (χ3v) is 4.45. The molecule has 0 aliphatic carbocycles. The lowest BCUT2D eigenvalue weighted by molar-refractivity contribution is 0.350. The van der Waals surface area contributed by atoms with Crippen LogP contribution in [-0.2, 0) is 16.4 Å². The van der Waals surface area contributed by atoms with Crippen molar-refractivity contribution in [2.75, 3.05) is 20.8 Å². The molecule has 0 atom stereocenters. The molecule has 0 aliphatic rings. The van der Waals surface area contributed by atoms with E-state index in [0.29, 0.717) is 6.42 Å². The average molecular weight is 329 g/mol. The molecule has 9 heteroatoms. The van der Waals surface area contributed by atoms with Gasteiger partial charge in [0.05, 0.1) is 14.2 Å². The van der Waals surface area contributed by atoms with Gasteiger partial charge in [-0.3, -0.25) is 5.10 Å². The van der Waals surface area contributed by atoms with Crippen molar-refractivity contribution in [2.24, 2.45) is 0 Å². The van der Waals surface area contributed by atoms with Gasteiger partial charge in [0.15, 0.2) is 11.5 Å². The van der Waals surface area contributed by atoms with Crippen LogP contribution in [0, 0.1) is 5.82 Å². The normalized spacial score (nSPS) is 11.4. The molecule has 0 spiro atoms. The maximum absolute atomic E-state index is 14.0. The summed E-state index contributed by atoms with van der Waals surface area (Å²) in [5.41, 5.74) is 0.774. The zero-order valence-electron chi connectivity index (χ0n) is 12.1. The first-order valence-corrected chi connectivity index (χ1v) is 7.85. The molecule has 0 bridgehead atoms. The van der Waals surface area contributed by atoms with E-state index in [1.54, 1.807) is 12.3 Å². The molecule has 2 aromatic rings. The van der Waals surface area contributed by atoms with Gasteiger partial charge in [0.25, 0.3) is 0 Å². The molecule has 1 aromatic carbocycles. The largest absolute Gasteiger partial charge is 0.493 e. The molecule has 2 rings (SSSR count). The highest BCUT2D eigenvalue weighted by Gasteiger charge is 2.22. The minimum atomic E-state index is -4.00. The number of hydrogen-bond acceptors (Lipinski definition) is 5. The van der Waals surface area contributed by atoms with Crippen LogP contribution in [0.5, 0.6) is 11.5 Å². The molecule has 22 heavy (non-hydrogen) atoms. The van der Waals surface area contributed by atoms with Gasteiger partial charge in [-0.2, -0.15) is 5.10 Å². The van der Waals surface area contributed by atoms with Crippen molar-refractivity contribution in [2.45, 2.75) is 11.3 Å². The summed E-state index contributed by atoms with van der Waals surface area (Å²) in [7, 11) is -1.31. The van der Waals surface area contributed by atoms with E-state index in [1.807, 2.05) is 0 Å². The molecule has 0 saturated heterocycles. The van der Waals surface area contributed by atoms with Crippen molar-refractivity contribution in [1.82, 2.24) is 14.9 Å². The van der Waals surface area contributed by atoms with Crippen molar-refractivity contribution in [3.8, 4) is 11.5 Å². The third-order valence-electron chi connectivity index (χ3n) is 2.97. The van der Waals surface area contributed by atoms with Crippen LogP contribution < -0.4 is 14.2 Å². The van der Waals surface area contributed by atoms with E-state index in [4.69, 9.17) is 9.47 Å². The van der Waals surface area contributed by atoms with E-state index in [0.717, 1.165) is 17.8 Å². The van der Waals surface area contributed by atoms with Crippen LogP contribution in [0.4, 0.5) is 4.39 Å². The van der Waals surface area contributed by atoms with Crippen LogP contribution in [0.25, 0.3) is 0 Å². The fraction of sp³-hybridized carbons (Fsp3) is 0.308. The maximum Gasteiger partial charge on any atom is 0.243 e. The number of nitrogens with one attached hydrogen (secondary N) is 2. The van der Waals surface area contributed by atoms with E-state index >= 15 is 0 Å². The quantitative estimate of drug-likeness (QED) is 0.793. The Morgan fingerprint density at radius 1 is 1.27 bits per heavy atom. The van der Waals surface area contributed by atoms with Crippen molar-refractivity contribution in [3.05, 3.63) is 35.9 Å². The standard InChI is InChI=1S/C13H16FN3O4S/c1-20-11-7-10(14)13(8-12(11)21-2)22(18,19)16-6-4-9-3-5-15-17-9/h3,5,7-8,16H,4,6H2,1-2H3,(H,15,17). The fourth-order valence-corrected chi connectivity index (χ4v) is 2.97. The molecular formula is C13H16FN3O4S. The van der Waals surface area contributed by atoms with E-state index in [-0.39, 0.29) is 18.0 Å². The summed E-state index contributed by atoms with van der Waals surface area (Å²) in [4.78, 5) is -0.491. The minimum Gasteiger partial charge on any atom is -0.493 e. The first-order valence-electron chi connectivity index (χ1n) is 6.37. The van der Waals surface area contributed by atoms with Crippen LogP contribution in [0.2, 0.25) is 0 Å². The van der Waals surface area contributed by atoms with Gasteiger partial charge in [-0.05, 0) is 6.07 Å². The molecule has 1 heterocycles. The molecule has 1 aromatic heterocycles. The highest BCUT2D eigenvalue weighted by atomic mass is 32.2. The molecule has 0 radical (unpaired) electrons. The Balaban J connectivity index is 2.17. The first-order chi connectivity index (χ1) is 10.5. The van der Waals surface area contributed by atoms with Gasteiger partial charge >= 0.3 is 0 Å². The summed E-state index contributed by atoms with van der Waals surface area (Å²) in [5.74, 6) is -0.652. The topological polar surface area (TPSA) is 93.3 Å². The van der Waals surface area contributed by atoms with Crippen LogP contribution in [0.1, 0.15) is 5.69 Å². The smallest absolute Gasteiger partial charge is 0.243 e. The van der Waals surface area contributed by atoms with Crippen LogP contribution >= 0.6 is 0 Å². The second-order valence-corrected chi connectivity index (χ2v) is 6.10. The van der Waals surface area contributed by atoms with Crippen LogP contribution in [-0.4, -0.2) is 39.4 Å². The van der Waals surface area contributed by atoms with Crippen molar-refractivity contribution in [1.29, 1.82) is 0 Å². The number of aromatic nitrogens is 2. The molecule has 0 amide bonds. The van der Waals surface area contributed by atoms with E-state index in [9.17, 15) is 12.8 Å². The summed E-state index contributed by atoms with van der Waals surface area (Å²) in [6.07, 6.45) is 1.98. The zero-order chi connectivity index (χ0) is 16.2. The van der Waals surface area contributed by atoms with Gasteiger partial charge in [0.2, 0.25) is 10.0 Å². The minimum absolute atomic E-state index is 0.109. The number of nitrogens with zero attached hydrogens (tertiary/aromatic N) is 1. The van der Waals surface area contributed by atoms with Gasteiger partial charge < -0.3 is 9.47 Å². The fourth-order valence-electron chi connectivity index (χ4n) is 1.86. The number of hydrogen-bond donors (Lipinski definition) is 2. The Hall–Kier alpha value is -2.13. The van der Waals surface area contributed by atoms with Crippen molar-refractivity contribution in [3.63, 3.8) is 0 Å². The van der Waals surface area contributed by atoms with Crippen molar-refractivity contribution < 1.29 is 22.3 Å². The highest BCUT2D eigenvalue weighted by Crippen LogP contribution is 2.31. The Bertz CT molecular complexity index is 732. The van der Waals surface area contributed by atoms with Gasteiger partial charge in [0.1, 0.15) is 10.7 Å². The summed E-state index contributed by atoms with van der Waals surface area (Å²) in [6.45, 7) is 0.109. The lowest BCUT2D eigenvalue weighted by atomic mass is 10.3. The number of methoxy groups -OCH3 is 2. The number of benzene rings is 1. The molecular weight excluding hydrogens is 313 g/mol. The predicted molar refractivity (Wildman–Crippen MR) is 77.0 cm³/mol. The Morgan fingerprint density at radius 2 is 1.95 bits per heavy atom. The van der Waals surface area contributed by atoms with Gasteiger partial charge in [0, 0.05) is 37.0 Å². The molecule has 2 N–H and O–H groups in total. The van der Waals surface area contributed by atoms with E-state index < -0.39 is 20.7 Å². The molecule has 0 unspecified atom stereocenters. The molecule has 0 aliphatic heterocycles. The monoisotopic (exact) mass is 329 g/mol. The lowest BCUT2D eigenvalue weighted by Gasteiger charge is -2.12. The predicted octanol–water partition coefficient (Wildman–Crippen LogP) is 1.09. The van der Waals surface area contributed by atoms with Crippen LogP contribution in [0.15, 0.2) is 29.3 Å².